The zero-order valence-corrected chi connectivity index (χ0v) is 21.9. The second kappa shape index (κ2) is 13.4. The van der Waals surface area contributed by atoms with Gasteiger partial charge >= 0.3 is 5.97 Å². The summed E-state index contributed by atoms with van der Waals surface area (Å²) in [6.07, 6.45) is 4.68. The standard InChI is InChI=1S/C28H38N2O7/c1-19(2)18-36-26(33)22(15-24-29-17-23(37-24)20-9-5-4-6-10-20)30-27(34)28(12-7-8-13-28)16-21(25(31)32)11-14-35-3/h4-6,9-10,17,19,21-22H,7-8,11-16,18H2,1-3H3,(H,30,34)(H,31,32)/p-1/t21-,22?/m1/s1. The minimum Gasteiger partial charge on any atom is -0.550 e. The predicted octanol–water partition coefficient (Wildman–Crippen LogP) is 2.92. The number of nitrogens with zero attached hydrogens (tertiary/aromatic N) is 1. The first kappa shape index (κ1) is 28.4. The van der Waals surface area contributed by atoms with Crippen LogP contribution in [0.4, 0.5) is 0 Å². The average Bonchev–Trinajstić information content (AvgIpc) is 3.55. The van der Waals surface area contributed by atoms with E-state index >= 15 is 0 Å². The molecule has 37 heavy (non-hydrogen) atoms. The summed E-state index contributed by atoms with van der Waals surface area (Å²) in [5.74, 6) is -1.98. The monoisotopic (exact) mass is 513 g/mol. The van der Waals surface area contributed by atoms with Crippen LogP contribution in [0, 0.1) is 17.3 Å². The largest absolute Gasteiger partial charge is 0.550 e. The predicted molar refractivity (Wildman–Crippen MR) is 134 cm³/mol. The molecule has 1 aromatic heterocycles. The highest BCUT2D eigenvalue weighted by Crippen LogP contribution is 2.44. The van der Waals surface area contributed by atoms with Crippen molar-refractivity contribution < 1.29 is 33.4 Å². The molecule has 2 atom stereocenters. The van der Waals surface area contributed by atoms with Crippen LogP contribution in [0.25, 0.3) is 11.3 Å². The van der Waals surface area contributed by atoms with Gasteiger partial charge in [-0.3, -0.25) is 4.79 Å². The second-order valence-electron chi connectivity index (χ2n) is 10.2. The number of aromatic nitrogens is 1. The molecule has 0 spiro atoms. The van der Waals surface area contributed by atoms with Gasteiger partial charge in [-0.2, -0.15) is 0 Å². The summed E-state index contributed by atoms with van der Waals surface area (Å²) < 4.78 is 16.4. The van der Waals surface area contributed by atoms with E-state index in [2.05, 4.69) is 10.3 Å². The second-order valence-corrected chi connectivity index (χ2v) is 10.2. The number of ether oxygens (including phenoxy) is 2. The third-order valence-corrected chi connectivity index (χ3v) is 6.82. The summed E-state index contributed by atoms with van der Waals surface area (Å²) in [5, 5.41) is 14.7. The van der Waals surface area contributed by atoms with Gasteiger partial charge in [-0.1, -0.05) is 57.0 Å². The number of hydrogen-bond donors (Lipinski definition) is 1. The van der Waals surface area contributed by atoms with Crippen molar-refractivity contribution in [3.05, 3.63) is 42.4 Å². The number of esters is 1. The van der Waals surface area contributed by atoms with Crippen molar-refractivity contribution in [2.24, 2.45) is 17.3 Å². The van der Waals surface area contributed by atoms with Crippen molar-refractivity contribution in [2.45, 2.75) is 64.8 Å². The number of methoxy groups -OCH3 is 1. The van der Waals surface area contributed by atoms with Crippen LogP contribution in [0.15, 0.2) is 40.9 Å². The molecule has 2 aromatic rings. The Kier molecular flexibility index (Phi) is 10.3. The first-order chi connectivity index (χ1) is 17.7. The van der Waals surface area contributed by atoms with Crippen LogP contribution in [0.1, 0.15) is 58.3 Å². The summed E-state index contributed by atoms with van der Waals surface area (Å²) in [7, 11) is 1.50. The van der Waals surface area contributed by atoms with E-state index in [0.29, 0.717) is 24.5 Å². The fourth-order valence-electron chi connectivity index (χ4n) is 4.78. The average molecular weight is 514 g/mol. The number of aliphatic carboxylic acids is 1. The molecule has 1 saturated carbocycles. The van der Waals surface area contributed by atoms with E-state index in [0.717, 1.165) is 18.4 Å². The fraction of sp³-hybridized carbons (Fsp3) is 0.571. The van der Waals surface area contributed by atoms with Crippen LogP contribution in [0.2, 0.25) is 0 Å². The van der Waals surface area contributed by atoms with Crippen molar-refractivity contribution in [1.82, 2.24) is 10.3 Å². The normalized spacial score (nSPS) is 16.3. The molecule has 0 aliphatic heterocycles. The molecular formula is C28H37N2O7-. The first-order valence-electron chi connectivity index (χ1n) is 12.9. The van der Waals surface area contributed by atoms with Gasteiger partial charge in [0, 0.05) is 36.6 Å². The number of amides is 1. The summed E-state index contributed by atoms with van der Waals surface area (Å²) >= 11 is 0. The minimum atomic E-state index is -1.20. The molecule has 1 aliphatic carbocycles. The highest BCUT2D eigenvalue weighted by Gasteiger charge is 2.44. The number of rotatable bonds is 14. The van der Waals surface area contributed by atoms with E-state index in [1.54, 1.807) is 6.20 Å². The maximum absolute atomic E-state index is 13.7. The number of benzene rings is 1. The van der Waals surface area contributed by atoms with Crippen molar-refractivity contribution in [3.63, 3.8) is 0 Å². The number of carbonyl (C=O) groups is 3. The van der Waals surface area contributed by atoms with E-state index in [1.807, 2.05) is 44.2 Å². The van der Waals surface area contributed by atoms with Crippen molar-refractivity contribution >= 4 is 17.8 Å². The SMILES string of the molecule is COCC[C@H](CC1(C(=O)NC(Cc2ncc(-c3ccccc3)o2)C(=O)OCC(C)C)CCCC1)C(=O)[O-]. The van der Waals surface area contributed by atoms with Gasteiger partial charge in [-0.05, 0) is 31.6 Å². The Balaban J connectivity index is 1.79. The van der Waals surface area contributed by atoms with E-state index in [9.17, 15) is 19.5 Å². The molecule has 1 aliphatic rings. The number of carboxylic acids is 1. The molecule has 9 nitrogen and oxygen atoms in total. The van der Waals surface area contributed by atoms with Crippen molar-refractivity contribution in [3.8, 4) is 11.3 Å². The number of carbonyl (C=O) groups excluding carboxylic acids is 3. The maximum atomic E-state index is 13.7. The van der Waals surface area contributed by atoms with Gasteiger partial charge in [0.05, 0.1) is 19.2 Å². The molecule has 0 saturated heterocycles. The number of hydrogen-bond acceptors (Lipinski definition) is 8. The Hall–Kier alpha value is -3.20. The van der Waals surface area contributed by atoms with Gasteiger partial charge < -0.3 is 29.1 Å². The van der Waals surface area contributed by atoms with E-state index in [1.165, 1.54) is 7.11 Å². The Bertz CT molecular complexity index is 1030. The summed E-state index contributed by atoms with van der Waals surface area (Å²) in [4.78, 5) is 42.8. The highest BCUT2D eigenvalue weighted by molar-refractivity contribution is 5.88. The molecule has 1 amide bonds. The lowest BCUT2D eigenvalue weighted by atomic mass is 9.75. The van der Waals surface area contributed by atoms with Gasteiger partial charge in [0.2, 0.25) is 5.91 Å². The Morgan fingerprint density at radius 2 is 1.86 bits per heavy atom. The van der Waals surface area contributed by atoms with Crippen LogP contribution in [-0.4, -0.2) is 49.2 Å². The van der Waals surface area contributed by atoms with Gasteiger partial charge in [0.1, 0.15) is 6.04 Å². The molecule has 1 aromatic carbocycles. The van der Waals surface area contributed by atoms with E-state index in [4.69, 9.17) is 13.9 Å². The molecule has 1 fully saturated rings. The zero-order valence-electron chi connectivity index (χ0n) is 21.9. The first-order valence-corrected chi connectivity index (χ1v) is 12.9. The maximum Gasteiger partial charge on any atom is 0.329 e. The van der Waals surface area contributed by atoms with Crippen LogP contribution in [0.3, 0.4) is 0 Å². The van der Waals surface area contributed by atoms with Crippen LogP contribution >= 0.6 is 0 Å². The summed E-state index contributed by atoms with van der Waals surface area (Å²) in [6, 6.07) is 8.43. The van der Waals surface area contributed by atoms with E-state index in [-0.39, 0.29) is 44.3 Å². The Morgan fingerprint density at radius 1 is 1.16 bits per heavy atom. The smallest absolute Gasteiger partial charge is 0.329 e. The fourth-order valence-corrected chi connectivity index (χ4v) is 4.78. The highest BCUT2D eigenvalue weighted by atomic mass is 16.5. The molecule has 0 radical (unpaired) electrons. The van der Waals surface area contributed by atoms with Gasteiger partial charge in [-0.25, -0.2) is 9.78 Å². The van der Waals surface area contributed by atoms with Gasteiger partial charge in [-0.15, -0.1) is 0 Å². The van der Waals surface area contributed by atoms with Gasteiger partial charge in [0.15, 0.2) is 11.7 Å². The van der Waals surface area contributed by atoms with Crippen LogP contribution < -0.4 is 10.4 Å². The van der Waals surface area contributed by atoms with Crippen molar-refractivity contribution in [2.75, 3.05) is 20.3 Å². The Morgan fingerprint density at radius 3 is 2.49 bits per heavy atom. The van der Waals surface area contributed by atoms with E-state index < -0.39 is 29.3 Å². The molecule has 3 rings (SSSR count). The van der Waals surface area contributed by atoms with Crippen LogP contribution in [0.5, 0.6) is 0 Å². The molecule has 1 unspecified atom stereocenters. The number of nitrogens with one attached hydrogen (secondary N) is 1. The third-order valence-electron chi connectivity index (χ3n) is 6.82. The molecule has 202 valence electrons. The quantitative estimate of drug-likeness (QED) is 0.382. The molecule has 0 bridgehead atoms. The summed E-state index contributed by atoms with van der Waals surface area (Å²) in [6.45, 7) is 4.32. The van der Waals surface area contributed by atoms with Crippen molar-refractivity contribution in [1.29, 1.82) is 0 Å². The minimum absolute atomic E-state index is 0.0131. The lowest BCUT2D eigenvalue weighted by molar-refractivity contribution is -0.312. The number of carboxylic acid groups (broad SMARTS) is 1. The molecule has 1 heterocycles. The summed E-state index contributed by atoms with van der Waals surface area (Å²) in [5.41, 5.74) is -0.0561. The lowest BCUT2D eigenvalue weighted by Crippen LogP contribution is -2.50. The molecule has 1 N–H and O–H groups in total. The third kappa shape index (κ3) is 7.89. The lowest BCUT2D eigenvalue weighted by Gasteiger charge is -2.33. The Labute approximate surface area is 217 Å². The van der Waals surface area contributed by atoms with Crippen LogP contribution in [-0.2, 0) is 30.3 Å². The number of oxazole rings is 1. The zero-order chi connectivity index (χ0) is 26.8. The topological polar surface area (TPSA) is 131 Å². The molecular weight excluding hydrogens is 476 g/mol. The molecule has 9 heteroatoms. The van der Waals surface area contributed by atoms with Gasteiger partial charge in [0.25, 0.3) is 0 Å².